The zero-order valence-electron chi connectivity index (χ0n) is 12.1. The van der Waals surface area contributed by atoms with Gasteiger partial charge < -0.3 is 14.6 Å². The third-order valence-corrected chi connectivity index (χ3v) is 3.22. The van der Waals surface area contributed by atoms with Crippen LogP contribution >= 0.6 is 0 Å². The molecule has 1 atom stereocenters. The summed E-state index contributed by atoms with van der Waals surface area (Å²) in [6.45, 7) is 2.03. The topological polar surface area (TPSA) is 55.8 Å². The summed E-state index contributed by atoms with van der Waals surface area (Å²) in [5.41, 5.74) is 1.78. The molecule has 0 spiro atoms. The van der Waals surface area contributed by atoms with E-state index in [1.807, 2.05) is 31.2 Å². The van der Waals surface area contributed by atoms with E-state index in [1.54, 1.807) is 31.4 Å². The Balaban J connectivity index is 2.08. The van der Waals surface area contributed by atoms with Crippen LogP contribution in [-0.2, 0) is 4.79 Å². The van der Waals surface area contributed by atoms with E-state index < -0.39 is 11.9 Å². The van der Waals surface area contributed by atoms with Crippen molar-refractivity contribution in [3.05, 3.63) is 59.7 Å². The molecule has 0 aliphatic carbocycles. The predicted octanol–water partition coefficient (Wildman–Crippen LogP) is 3.25. The number of aliphatic carboxylic acids is 1. The molecule has 1 unspecified atom stereocenters. The van der Waals surface area contributed by atoms with Crippen molar-refractivity contribution in [2.75, 3.05) is 13.7 Å². The highest BCUT2D eigenvalue weighted by atomic mass is 16.5. The molecule has 4 nitrogen and oxygen atoms in total. The number of ether oxygens (including phenoxy) is 2. The normalized spacial score (nSPS) is 11.7. The maximum Gasteiger partial charge on any atom is 0.314 e. The van der Waals surface area contributed by atoms with Crippen LogP contribution in [-0.4, -0.2) is 24.8 Å². The number of aryl methyl sites for hydroxylation is 1. The Morgan fingerprint density at radius 3 is 2.38 bits per heavy atom. The molecular formula is C17H18O4. The highest BCUT2D eigenvalue weighted by molar-refractivity contribution is 5.76. The SMILES string of the molecule is COc1ccc(OCC(C(=O)O)c2cccc(C)c2)cc1. The molecule has 0 aliphatic heterocycles. The van der Waals surface area contributed by atoms with E-state index in [9.17, 15) is 9.90 Å². The molecule has 0 amide bonds. The van der Waals surface area contributed by atoms with Crippen molar-refractivity contribution in [2.45, 2.75) is 12.8 Å². The number of methoxy groups -OCH3 is 1. The molecule has 0 bridgehead atoms. The van der Waals surface area contributed by atoms with Crippen LogP contribution in [0.25, 0.3) is 0 Å². The second kappa shape index (κ2) is 6.79. The van der Waals surface area contributed by atoms with Gasteiger partial charge in [0.25, 0.3) is 0 Å². The number of carboxylic acid groups (broad SMARTS) is 1. The van der Waals surface area contributed by atoms with Gasteiger partial charge >= 0.3 is 5.97 Å². The second-order valence-corrected chi connectivity index (χ2v) is 4.79. The second-order valence-electron chi connectivity index (χ2n) is 4.79. The Kier molecular flexibility index (Phi) is 4.82. The number of hydrogen-bond donors (Lipinski definition) is 1. The molecular weight excluding hydrogens is 268 g/mol. The molecule has 110 valence electrons. The monoisotopic (exact) mass is 286 g/mol. The lowest BCUT2D eigenvalue weighted by Crippen LogP contribution is -2.19. The quantitative estimate of drug-likeness (QED) is 0.885. The molecule has 2 rings (SSSR count). The number of rotatable bonds is 6. The first-order chi connectivity index (χ1) is 10.1. The van der Waals surface area contributed by atoms with Gasteiger partial charge in [0, 0.05) is 0 Å². The molecule has 1 N–H and O–H groups in total. The standard InChI is InChI=1S/C17H18O4/c1-12-4-3-5-13(10-12)16(17(18)19)11-21-15-8-6-14(20-2)7-9-15/h3-10,16H,11H2,1-2H3,(H,18,19). The lowest BCUT2D eigenvalue weighted by molar-refractivity contribution is -0.139. The Bertz CT molecular complexity index is 604. The minimum atomic E-state index is -0.894. The molecule has 0 radical (unpaired) electrons. The zero-order chi connectivity index (χ0) is 15.2. The van der Waals surface area contributed by atoms with E-state index in [0.717, 1.165) is 16.9 Å². The van der Waals surface area contributed by atoms with E-state index in [1.165, 1.54) is 0 Å². The fourth-order valence-electron chi connectivity index (χ4n) is 2.05. The van der Waals surface area contributed by atoms with Gasteiger partial charge in [-0.2, -0.15) is 0 Å². The Morgan fingerprint density at radius 1 is 1.14 bits per heavy atom. The van der Waals surface area contributed by atoms with Gasteiger partial charge in [-0.3, -0.25) is 4.79 Å². The fourth-order valence-corrected chi connectivity index (χ4v) is 2.05. The molecule has 0 aromatic heterocycles. The largest absolute Gasteiger partial charge is 0.497 e. The van der Waals surface area contributed by atoms with Crippen LogP contribution < -0.4 is 9.47 Å². The van der Waals surface area contributed by atoms with Crippen molar-refractivity contribution in [1.29, 1.82) is 0 Å². The molecule has 0 aliphatic rings. The summed E-state index contributed by atoms with van der Waals surface area (Å²) in [4.78, 5) is 11.4. The summed E-state index contributed by atoms with van der Waals surface area (Å²) < 4.78 is 10.7. The van der Waals surface area contributed by atoms with Gasteiger partial charge in [0.05, 0.1) is 7.11 Å². The maximum absolute atomic E-state index is 11.4. The number of benzene rings is 2. The Morgan fingerprint density at radius 2 is 1.81 bits per heavy atom. The Labute approximate surface area is 123 Å². The number of carbonyl (C=O) groups is 1. The smallest absolute Gasteiger partial charge is 0.314 e. The zero-order valence-corrected chi connectivity index (χ0v) is 12.1. The van der Waals surface area contributed by atoms with E-state index in [-0.39, 0.29) is 6.61 Å². The van der Waals surface area contributed by atoms with Gasteiger partial charge in [0.2, 0.25) is 0 Å². The van der Waals surface area contributed by atoms with Gasteiger partial charge in [-0.05, 0) is 36.8 Å². The molecule has 4 heteroatoms. The fraction of sp³-hybridized carbons (Fsp3) is 0.235. The number of carboxylic acids is 1. The lowest BCUT2D eigenvalue weighted by atomic mass is 9.98. The van der Waals surface area contributed by atoms with Gasteiger partial charge in [0.15, 0.2) is 0 Å². The average molecular weight is 286 g/mol. The first kappa shape index (κ1) is 14.9. The molecule has 0 fully saturated rings. The van der Waals surface area contributed by atoms with E-state index in [2.05, 4.69) is 0 Å². The molecule has 0 saturated heterocycles. The van der Waals surface area contributed by atoms with Crippen molar-refractivity contribution in [1.82, 2.24) is 0 Å². The minimum Gasteiger partial charge on any atom is -0.497 e. The minimum absolute atomic E-state index is 0.0884. The van der Waals surface area contributed by atoms with Crippen LogP contribution in [0.2, 0.25) is 0 Å². The summed E-state index contributed by atoms with van der Waals surface area (Å²) in [7, 11) is 1.59. The van der Waals surface area contributed by atoms with Crippen molar-refractivity contribution in [2.24, 2.45) is 0 Å². The van der Waals surface area contributed by atoms with Crippen molar-refractivity contribution < 1.29 is 19.4 Å². The first-order valence-electron chi connectivity index (χ1n) is 6.66. The van der Waals surface area contributed by atoms with Crippen LogP contribution in [0.1, 0.15) is 17.0 Å². The van der Waals surface area contributed by atoms with Gasteiger partial charge in [-0.1, -0.05) is 29.8 Å². The van der Waals surface area contributed by atoms with Crippen molar-refractivity contribution >= 4 is 5.97 Å². The van der Waals surface area contributed by atoms with Crippen LogP contribution in [0.5, 0.6) is 11.5 Å². The van der Waals surface area contributed by atoms with Crippen LogP contribution in [0.15, 0.2) is 48.5 Å². The third-order valence-electron chi connectivity index (χ3n) is 3.22. The highest BCUT2D eigenvalue weighted by Gasteiger charge is 2.20. The molecule has 2 aromatic carbocycles. The summed E-state index contributed by atoms with van der Waals surface area (Å²) >= 11 is 0. The third kappa shape index (κ3) is 3.99. The summed E-state index contributed by atoms with van der Waals surface area (Å²) in [6.07, 6.45) is 0. The van der Waals surface area contributed by atoms with E-state index in [0.29, 0.717) is 5.75 Å². The van der Waals surface area contributed by atoms with Crippen molar-refractivity contribution in [3.63, 3.8) is 0 Å². The molecule has 21 heavy (non-hydrogen) atoms. The van der Waals surface area contributed by atoms with Gasteiger partial charge in [0.1, 0.15) is 24.0 Å². The van der Waals surface area contributed by atoms with Crippen LogP contribution in [0, 0.1) is 6.92 Å². The summed E-state index contributed by atoms with van der Waals surface area (Å²) in [5.74, 6) is -0.230. The Hall–Kier alpha value is -2.49. The van der Waals surface area contributed by atoms with Gasteiger partial charge in [-0.15, -0.1) is 0 Å². The molecule has 2 aromatic rings. The lowest BCUT2D eigenvalue weighted by Gasteiger charge is -2.15. The predicted molar refractivity (Wildman–Crippen MR) is 80.0 cm³/mol. The summed E-state index contributed by atoms with van der Waals surface area (Å²) in [6, 6.07) is 14.5. The van der Waals surface area contributed by atoms with Crippen LogP contribution in [0.4, 0.5) is 0 Å². The number of hydrogen-bond acceptors (Lipinski definition) is 3. The van der Waals surface area contributed by atoms with Gasteiger partial charge in [-0.25, -0.2) is 0 Å². The van der Waals surface area contributed by atoms with Crippen LogP contribution in [0.3, 0.4) is 0 Å². The van der Waals surface area contributed by atoms with E-state index >= 15 is 0 Å². The molecule has 0 heterocycles. The van der Waals surface area contributed by atoms with Crippen molar-refractivity contribution in [3.8, 4) is 11.5 Å². The first-order valence-corrected chi connectivity index (χ1v) is 6.66. The highest BCUT2D eigenvalue weighted by Crippen LogP contribution is 2.21. The average Bonchev–Trinajstić information content (AvgIpc) is 2.48. The molecule has 0 saturated carbocycles. The van der Waals surface area contributed by atoms with E-state index in [4.69, 9.17) is 9.47 Å². The maximum atomic E-state index is 11.4. The summed E-state index contributed by atoms with van der Waals surface area (Å²) in [5, 5.41) is 9.38.